The molecule has 3 rings (SSSR count). The third-order valence-electron chi connectivity index (χ3n) is 5.38. The lowest BCUT2D eigenvalue weighted by molar-refractivity contribution is -0.153. The molecule has 1 N–H and O–H groups in total. The second kappa shape index (κ2) is 8.23. The largest absolute Gasteiger partial charge is 0.497 e. The summed E-state index contributed by atoms with van der Waals surface area (Å²) in [6.45, 7) is -0.393. The average Bonchev–Trinajstić information content (AvgIpc) is 2.73. The van der Waals surface area contributed by atoms with Crippen molar-refractivity contribution in [1.29, 1.82) is 0 Å². The van der Waals surface area contributed by atoms with E-state index in [1.54, 1.807) is 36.4 Å². The van der Waals surface area contributed by atoms with Gasteiger partial charge in [-0.3, -0.25) is 0 Å². The van der Waals surface area contributed by atoms with E-state index in [9.17, 15) is 17.6 Å². The highest BCUT2D eigenvalue weighted by atomic mass is 32.2. The summed E-state index contributed by atoms with van der Waals surface area (Å²) in [5.74, 6) is -0.959. The Hall–Kier alpha value is -2.65. The predicted molar refractivity (Wildman–Crippen MR) is 112 cm³/mol. The van der Waals surface area contributed by atoms with Crippen LogP contribution in [0, 0.1) is 0 Å². The van der Waals surface area contributed by atoms with Crippen molar-refractivity contribution in [3.05, 3.63) is 42.5 Å². The number of ether oxygens (including phenoxy) is 1. The van der Waals surface area contributed by atoms with Gasteiger partial charge in [-0.25, -0.2) is 17.6 Å². The molecule has 0 unspecified atom stereocenters. The quantitative estimate of drug-likeness (QED) is 0.749. The Bertz CT molecular complexity index is 1050. The third kappa shape index (κ3) is 4.13. The SMILES string of the molecule is COc1cccc(-c2cc(N(C)C)ccc2S(=O)(=O)N2CCC(F)(C(=O)O)CC2)c1. The molecule has 2 aromatic carbocycles. The maximum Gasteiger partial charge on any atom is 0.341 e. The molecule has 1 aliphatic heterocycles. The second-order valence-corrected chi connectivity index (χ2v) is 9.39. The highest BCUT2D eigenvalue weighted by Crippen LogP contribution is 2.36. The summed E-state index contributed by atoms with van der Waals surface area (Å²) in [6, 6.07) is 12.1. The first-order valence-electron chi connectivity index (χ1n) is 9.47. The highest BCUT2D eigenvalue weighted by molar-refractivity contribution is 7.89. The number of halogens is 1. The van der Waals surface area contributed by atoms with E-state index in [1.807, 2.05) is 19.0 Å². The number of hydrogen-bond acceptors (Lipinski definition) is 5. The van der Waals surface area contributed by atoms with Crippen molar-refractivity contribution < 1.29 is 27.4 Å². The van der Waals surface area contributed by atoms with Crippen LogP contribution in [0.15, 0.2) is 47.4 Å². The number of methoxy groups -OCH3 is 1. The van der Waals surface area contributed by atoms with E-state index < -0.39 is 21.7 Å². The summed E-state index contributed by atoms with van der Waals surface area (Å²) in [5.41, 5.74) is -0.412. The number of nitrogens with zero attached hydrogens (tertiary/aromatic N) is 2. The van der Waals surface area contributed by atoms with E-state index in [0.29, 0.717) is 16.9 Å². The Morgan fingerprint density at radius 1 is 1.17 bits per heavy atom. The minimum Gasteiger partial charge on any atom is -0.497 e. The number of hydrogen-bond donors (Lipinski definition) is 1. The molecule has 2 aromatic rings. The average molecular weight is 437 g/mol. The van der Waals surface area contributed by atoms with Crippen molar-refractivity contribution >= 4 is 21.7 Å². The van der Waals surface area contributed by atoms with Crippen molar-refractivity contribution in [1.82, 2.24) is 4.31 Å². The summed E-state index contributed by atoms with van der Waals surface area (Å²) in [6.07, 6.45) is -0.766. The zero-order valence-electron chi connectivity index (χ0n) is 17.1. The summed E-state index contributed by atoms with van der Waals surface area (Å²) >= 11 is 0. The van der Waals surface area contributed by atoms with Gasteiger partial charge < -0.3 is 14.7 Å². The molecule has 0 bridgehead atoms. The number of carboxylic acids is 1. The first-order valence-corrected chi connectivity index (χ1v) is 10.9. The van der Waals surface area contributed by atoms with Crippen LogP contribution in [0.25, 0.3) is 11.1 Å². The fraction of sp³-hybridized carbons (Fsp3) is 0.381. The molecular formula is C21H25FN2O5S. The van der Waals surface area contributed by atoms with Crippen LogP contribution >= 0.6 is 0 Å². The van der Waals surface area contributed by atoms with Crippen LogP contribution < -0.4 is 9.64 Å². The molecule has 0 amide bonds. The molecular weight excluding hydrogens is 411 g/mol. The van der Waals surface area contributed by atoms with Crippen molar-refractivity contribution in [2.24, 2.45) is 0 Å². The molecule has 7 nitrogen and oxygen atoms in total. The predicted octanol–water partition coefficient (Wildman–Crippen LogP) is 3.01. The normalized spacial score (nSPS) is 16.8. The Kier molecular flexibility index (Phi) is 6.05. The fourth-order valence-electron chi connectivity index (χ4n) is 3.47. The third-order valence-corrected chi connectivity index (χ3v) is 7.33. The summed E-state index contributed by atoms with van der Waals surface area (Å²) < 4.78 is 47.6. The molecule has 0 aliphatic carbocycles. The van der Waals surface area contributed by atoms with Gasteiger partial charge >= 0.3 is 5.97 Å². The van der Waals surface area contributed by atoms with Crippen LogP contribution in [0.5, 0.6) is 5.75 Å². The molecule has 1 heterocycles. The van der Waals surface area contributed by atoms with Crippen LogP contribution in [0.2, 0.25) is 0 Å². The van der Waals surface area contributed by atoms with Gasteiger partial charge in [-0.05, 0) is 35.9 Å². The number of carbonyl (C=O) groups is 1. The second-order valence-electron chi connectivity index (χ2n) is 7.48. The number of rotatable bonds is 6. The zero-order chi connectivity index (χ0) is 22.1. The smallest absolute Gasteiger partial charge is 0.341 e. The lowest BCUT2D eigenvalue weighted by Crippen LogP contribution is -2.48. The number of aliphatic carboxylic acids is 1. The topological polar surface area (TPSA) is 87.2 Å². The van der Waals surface area contributed by atoms with Crippen molar-refractivity contribution in [3.63, 3.8) is 0 Å². The summed E-state index contributed by atoms with van der Waals surface area (Å²) in [4.78, 5) is 13.1. The van der Waals surface area contributed by atoms with Gasteiger partial charge in [0.05, 0.1) is 12.0 Å². The van der Waals surface area contributed by atoms with Crippen LogP contribution in [-0.2, 0) is 14.8 Å². The molecule has 0 spiro atoms. The minimum atomic E-state index is -3.96. The number of alkyl halides is 1. The molecule has 1 saturated heterocycles. The summed E-state index contributed by atoms with van der Waals surface area (Å²) in [5, 5.41) is 9.07. The summed E-state index contributed by atoms with van der Waals surface area (Å²) in [7, 11) is 1.28. The van der Waals surface area contributed by atoms with E-state index in [1.165, 1.54) is 13.2 Å². The lowest BCUT2D eigenvalue weighted by atomic mass is 9.95. The standard InChI is InChI=1S/C21H25FN2O5S/c1-23(2)16-7-8-19(18(14-16)15-5-4-6-17(13-15)29-3)30(27,28)24-11-9-21(22,10-12-24)20(25)26/h4-8,13-14H,9-12H2,1-3H3,(H,25,26). The molecule has 9 heteroatoms. The van der Waals surface area contributed by atoms with Crippen LogP contribution in [-0.4, -0.2) is 63.8 Å². The van der Waals surface area contributed by atoms with Gasteiger partial charge in [-0.15, -0.1) is 0 Å². The molecule has 30 heavy (non-hydrogen) atoms. The van der Waals surface area contributed by atoms with Gasteiger partial charge in [0.2, 0.25) is 15.7 Å². The minimum absolute atomic E-state index is 0.0861. The van der Waals surface area contributed by atoms with Gasteiger partial charge in [-0.1, -0.05) is 12.1 Å². The zero-order valence-corrected chi connectivity index (χ0v) is 17.9. The maximum atomic E-state index is 14.4. The van der Waals surface area contributed by atoms with Crippen LogP contribution in [0.4, 0.5) is 10.1 Å². The molecule has 0 aromatic heterocycles. The van der Waals surface area contributed by atoms with Crippen molar-refractivity contribution in [2.75, 3.05) is 39.2 Å². The van der Waals surface area contributed by atoms with E-state index in [2.05, 4.69) is 0 Å². The van der Waals surface area contributed by atoms with E-state index in [0.717, 1.165) is 9.99 Å². The Balaban J connectivity index is 2.05. The fourth-order valence-corrected chi connectivity index (χ4v) is 5.11. The van der Waals surface area contributed by atoms with Gasteiger partial charge in [0.15, 0.2) is 0 Å². The van der Waals surface area contributed by atoms with Gasteiger partial charge in [0.1, 0.15) is 5.75 Å². The first-order chi connectivity index (χ1) is 14.1. The molecule has 1 fully saturated rings. The van der Waals surface area contributed by atoms with E-state index in [-0.39, 0.29) is 30.8 Å². The first kappa shape index (κ1) is 22.0. The van der Waals surface area contributed by atoms with Crippen LogP contribution in [0.3, 0.4) is 0 Å². The maximum absolute atomic E-state index is 14.4. The molecule has 1 aliphatic rings. The Labute approximate surface area is 175 Å². The van der Waals surface area contributed by atoms with Crippen molar-refractivity contribution in [3.8, 4) is 16.9 Å². The van der Waals surface area contributed by atoms with Crippen molar-refractivity contribution in [2.45, 2.75) is 23.4 Å². The molecule has 0 radical (unpaired) electrons. The Morgan fingerprint density at radius 3 is 2.40 bits per heavy atom. The number of sulfonamides is 1. The van der Waals surface area contributed by atoms with Crippen LogP contribution in [0.1, 0.15) is 12.8 Å². The van der Waals surface area contributed by atoms with E-state index >= 15 is 0 Å². The number of piperidine rings is 1. The molecule has 0 saturated carbocycles. The van der Waals surface area contributed by atoms with Gasteiger partial charge in [0, 0.05) is 51.3 Å². The highest BCUT2D eigenvalue weighted by Gasteiger charge is 2.44. The Morgan fingerprint density at radius 2 is 1.83 bits per heavy atom. The number of carboxylic acid groups (broad SMARTS) is 1. The lowest BCUT2D eigenvalue weighted by Gasteiger charge is -2.33. The van der Waals surface area contributed by atoms with Gasteiger partial charge in [0.25, 0.3) is 0 Å². The van der Waals surface area contributed by atoms with E-state index in [4.69, 9.17) is 9.84 Å². The molecule has 162 valence electrons. The van der Waals surface area contributed by atoms with Gasteiger partial charge in [-0.2, -0.15) is 4.31 Å². The number of anilines is 1. The number of benzene rings is 2. The molecule has 0 atom stereocenters. The monoisotopic (exact) mass is 436 g/mol.